The van der Waals surface area contributed by atoms with Crippen LogP contribution in [-0.2, 0) is 0 Å². The Labute approximate surface area is 114 Å². The molecule has 0 amide bonds. The molecule has 0 aromatic rings. The van der Waals surface area contributed by atoms with E-state index in [1.165, 1.54) is 38.5 Å². The molecule has 0 bridgehead atoms. The molecule has 2 aliphatic carbocycles. The van der Waals surface area contributed by atoms with E-state index in [4.69, 9.17) is 5.73 Å². The van der Waals surface area contributed by atoms with Crippen LogP contribution in [0, 0.1) is 35.0 Å². The van der Waals surface area contributed by atoms with Crippen LogP contribution in [0.15, 0.2) is 0 Å². The van der Waals surface area contributed by atoms with Gasteiger partial charge in [0.15, 0.2) is 0 Å². The predicted molar refractivity (Wildman–Crippen MR) is 79.3 cm³/mol. The molecule has 106 valence electrons. The first-order chi connectivity index (χ1) is 8.41. The second kappa shape index (κ2) is 5.53. The summed E-state index contributed by atoms with van der Waals surface area (Å²) < 4.78 is 0. The molecule has 0 radical (unpaired) electrons. The lowest BCUT2D eigenvalue weighted by atomic mass is 9.59. The zero-order valence-corrected chi connectivity index (χ0v) is 12.9. The van der Waals surface area contributed by atoms with Gasteiger partial charge in [0.1, 0.15) is 0 Å². The molecule has 0 saturated heterocycles. The highest BCUT2D eigenvalue weighted by Gasteiger charge is 2.40. The topological polar surface area (TPSA) is 26.0 Å². The van der Waals surface area contributed by atoms with Gasteiger partial charge in [-0.05, 0) is 80.1 Å². The van der Waals surface area contributed by atoms with Crippen LogP contribution in [0.2, 0.25) is 0 Å². The molecule has 18 heavy (non-hydrogen) atoms. The first-order valence-electron chi connectivity index (χ1n) is 8.11. The molecule has 2 saturated carbocycles. The fraction of sp³-hybridized carbons (Fsp3) is 1.00. The van der Waals surface area contributed by atoms with Gasteiger partial charge in [-0.2, -0.15) is 0 Å². The van der Waals surface area contributed by atoms with Gasteiger partial charge in [0, 0.05) is 0 Å². The number of rotatable bonds is 2. The molecule has 2 N–H and O–H groups in total. The van der Waals surface area contributed by atoms with Crippen LogP contribution in [0.1, 0.15) is 66.2 Å². The third-order valence-corrected chi connectivity index (χ3v) is 5.71. The minimum absolute atomic E-state index is 0.556. The van der Waals surface area contributed by atoms with Crippen molar-refractivity contribution in [2.45, 2.75) is 66.2 Å². The molecule has 0 aromatic heterocycles. The molecule has 2 aliphatic rings. The predicted octanol–water partition coefficient (Wildman–Crippen LogP) is 4.46. The van der Waals surface area contributed by atoms with E-state index in [1.54, 1.807) is 0 Å². The lowest BCUT2D eigenvalue weighted by Gasteiger charge is -2.47. The van der Waals surface area contributed by atoms with Gasteiger partial charge >= 0.3 is 0 Å². The van der Waals surface area contributed by atoms with E-state index in [2.05, 4.69) is 27.7 Å². The summed E-state index contributed by atoms with van der Waals surface area (Å²) in [6, 6.07) is 0. The number of nitrogens with two attached hydrogens (primary N) is 1. The number of hydrogen-bond donors (Lipinski definition) is 1. The lowest BCUT2D eigenvalue weighted by Crippen LogP contribution is -2.40. The molecule has 4 atom stereocenters. The number of hydrogen-bond acceptors (Lipinski definition) is 1. The zero-order valence-electron chi connectivity index (χ0n) is 12.9. The first kappa shape index (κ1) is 14.4. The monoisotopic (exact) mass is 251 g/mol. The summed E-state index contributed by atoms with van der Waals surface area (Å²) in [5.41, 5.74) is 6.61. The molecular formula is C17H33N. The largest absolute Gasteiger partial charge is 0.330 e. The molecule has 1 nitrogen and oxygen atoms in total. The lowest BCUT2D eigenvalue weighted by molar-refractivity contribution is 0.0406. The van der Waals surface area contributed by atoms with Crippen LogP contribution in [0.4, 0.5) is 0 Å². The maximum Gasteiger partial charge on any atom is -0.00461 e. The van der Waals surface area contributed by atoms with Crippen LogP contribution >= 0.6 is 0 Å². The van der Waals surface area contributed by atoms with Crippen molar-refractivity contribution in [3.63, 3.8) is 0 Å². The smallest absolute Gasteiger partial charge is 0.00461 e. The van der Waals surface area contributed by atoms with Crippen LogP contribution in [-0.4, -0.2) is 6.54 Å². The van der Waals surface area contributed by atoms with Gasteiger partial charge in [0.05, 0.1) is 0 Å². The molecular weight excluding hydrogens is 218 g/mol. The highest BCUT2D eigenvalue weighted by Crippen LogP contribution is 2.49. The molecule has 0 aliphatic heterocycles. The van der Waals surface area contributed by atoms with E-state index in [1.807, 2.05) is 0 Å². The van der Waals surface area contributed by atoms with Crippen molar-refractivity contribution in [1.29, 1.82) is 0 Å². The van der Waals surface area contributed by atoms with E-state index >= 15 is 0 Å². The van der Waals surface area contributed by atoms with Gasteiger partial charge in [0.25, 0.3) is 0 Å². The van der Waals surface area contributed by atoms with E-state index < -0.39 is 0 Å². The Kier molecular flexibility index (Phi) is 4.41. The standard InChI is InChI=1S/C17H33N/c1-12-7-13(2)9-15(8-12)16-10-17(3,4)6-5-14(16)11-18/h12-16H,5-11,18H2,1-4H3. The van der Waals surface area contributed by atoms with Gasteiger partial charge < -0.3 is 5.73 Å². The van der Waals surface area contributed by atoms with Crippen LogP contribution in [0.25, 0.3) is 0 Å². The van der Waals surface area contributed by atoms with Crippen molar-refractivity contribution in [3.8, 4) is 0 Å². The second-order valence-corrected chi connectivity index (χ2v) is 8.24. The quantitative estimate of drug-likeness (QED) is 0.770. The fourth-order valence-electron chi connectivity index (χ4n) is 4.90. The van der Waals surface area contributed by atoms with E-state index in [0.29, 0.717) is 5.41 Å². The van der Waals surface area contributed by atoms with E-state index in [-0.39, 0.29) is 0 Å². The highest BCUT2D eigenvalue weighted by atomic mass is 14.6. The Morgan fingerprint density at radius 3 is 2.22 bits per heavy atom. The van der Waals surface area contributed by atoms with Gasteiger partial charge in [-0.1, -0.05) is 27.7 Å². The summed E-state index contributed by atoms with van der Waals surface area (Å²) in [6.45, 7) is 10.7. The van der Waals surface area contributed by atoms with Crippen LogP contribution < -0.4 is 5.73 Å². The zero-order chi connectivity index (χ0) is 13.3. The Morgan fingerprint density at radius 1 is 1.06 bits per heavy atom. The van der Waals surface area contributed by atoms with Gasteiger partial charge in [-0.15, -0.1) is 0 Å². The van der Waals surface area contributed by atoms with Crippen molar-refractivity contribution < 1.29 is 0 Å². The van der Waals surface area contributed by atoms with Crippen molar-refractivity contribution in [1.82, 2.24) is 0 Å². The Hall–Kier alpha value is -0.0400. The summed E-state index contributed by atoms with van der Waals surface area (Å²) in [7, 11) is 0. The SMILES string of the molecule is CC1CC(C)CC(C2CC(C)(C)CCC2CN)C1. The highest BCUT2D eigenvalue weighted by molar-refractivity contribution is 4.91. The van der Waals surface area contributed by atoms with E-state index in [9.17, 15) is 0 Å². The van der Waals surface area contributed by atoms with Crippen molar-refractivity contribution >= 4 is 0 Å². The Bertz CT molecular complexity index is 261. The maximum atomic E-state index is 6.06. The third-order valence-electron chi connectivity index (χ3n) is 5.71. The molecule has 4 unspecified atom stereocenters. The van der Waals surface area contributed by atoms with Gasteiger partial charge in [-0.25, -0.2) is 0 Å². The third kappa shape index (κ3) is 3.29. The summed E-state index contributed by atoms with van der Waals surface area (Å²) in [5, 5.41) is 0. The Morgan fingerprint density at radius 2 is 1.67 bits per heavy atom. The molecule has 0 spiro atoms. The average Bonchev–Trinajstić information content (AvgIpc) is 2.26. The van der Waals surface area contributed by atoms with Gasteiger partial charge in [0.2, 0.25) is 0 Å². The molecule has 0 aromatic carbocycles. The summed E-state index contributed by atoms with van der Waals surface area (Å²) >= 11 is 0. The summed E-state index contributed by atoms with van der Waals surface area (Å²) in [4.78, 5) is 0. The van der Waals surface area contributed by atoms with Crippen molar-refractivity contribution in [2.75, 3.05) is 6.54 Å². The van der Waals surface area contributed by atoms with Crippen molar-refractivity contribution in [2.24, 2.45) is 40.7 Å². The Balaban J connectivity index is 2.07. The second-order valence-electron chi connectivity index (χ2n) is 8.24. The average molecular weight is 251 g/mol. The molecule has 2 fully saturated rings. The molecule has 0 heterocycles. The maximum absolute atomic E-state index is 6.06. The van der Waals surface area contributed by atoms with Crippen LogP contribution in [0.3, 0.4) is 0 Å². The molecule has 2 rings (SSSR count). The van der Waals surface area contributed by atoms with Gasteiger partial charge in [-0.3, -0.25) is 0 Å². The normalized spacial score (nSPS) is 44.8. The first-order valence-corrected chi connectivity index (χ1v) is 8.11. The minimum atomic E-state index is 0.556. The van der Waals surface area contributed by atoms with E-state index in [0.717, 1.165) is 36.1 Å². The molecule has 1 heteroatoms. The van der Waals surface area contributed by atoms with Crippen LogP contribution in [0.5, 0.6) is 0 Å². The summed E-state index contributed by atoms with van der Waals surface area (Å²) in [6.07, 6.45) is 8.53. The summed E-state index contributed by atoms with van der Waals surface area (Å²) in [5.74, 6) is 4.53. The minimum Gasteiger partial charge on any atom is -0.330 e. The van der Waals surface area contributed by atoms with Crippen molar-refractivity contribution in [3.05, 3.63) is 0 Å². The fourth-order valence-corrected chi connectivity index (χ4v) is 4.90.